The van der Waals surface area contributed by atoms with Crippen molar-refractivity contribution in [2.24, 2.45) is 0 Å². The second-order valence-corrected chi connectivity index (χ2v) is 5.93. The highest BCUT2D eigenvalue weighted by Crippen LogP contribution is 2.34. The van der Waals surface area contributed by atoms with E-state index in [0.29, 0.717) is 16.1 Å². The molecular weight excluding hydrogens is 273 g/mol. The summed E-state index contributed by atoms with van der Waals surface area (Å²) in [6, 6.07) is 5.23. The Balaban J connectivity index is 2.24. The van der Waals surface area contributed by atoms with Gasteiger partial charge in [-0.25, -0.2) is 9.97 Å². The third kappa shape index (κ3) is 2.98. The molecule has 78 valence electrons. The number of nitrogen functional groups attached to an aromatic ring is 1. The maximum absolute atomic E-state index is 5.80. The second kappa shape index (κ2) is 4.57. The van der Waals surface area contributed by atoms with Gasteiger partial charge in [-0.1, -0.05) is 23.2 Å². The molecule has 0 aliphatic carbocycles. The lowest BCUT2D eigenvalue weighted by Gasteiger charge is -1.98. The summed E-state index contributed by atoms with van der Waals surface area (Å²) in [6.45, 7) is 0. The molecule has 0 amide bonds. The zero-order chi connectivity index (χ0) is 10.8. The van der Waals surface area contributed by atoms with Gasteiger partial charge in [0, 0.05) is 6.07 Å². The number of halogens is 2. The first-order chi connectivity index (χ1) is 7.13. The molecule has 7 heteroatoms. The van der Waals surface area contributed by atoms with Crippen LogP contribution in [0, 0.1) is 0 Å². The molecule has 0 atom stereocenters. The van der Waals surface area contributed by atoms with Gasteiger partial charge in [-0.2, -0.15) is 0 Å². The zero-order valence-corrected chi connectivity index (χ0v) is 10.4. The average molecular weight is 278 g/mol. The van der Waals surface area contributed by atoms with Gasteiger partial charge in [-0.3, -0.25) is 0 Å². The first-order valence-corrected chi connectivity index (χ1v) is 6.25. The van der Waals surface area contributed by atoms with E-state index >= 15 is 0 Å². The van der Waals surface area contributed by atoms with Crippen molar-refractivity contribution in [1.29, 1.82) is 0 Å². The highest BCUT2D eigenvalue weighted by Gasteiger charge is 2.05. The molecule has 0 aliphatic rings. The first-order valence-electron chi connectivity index (χ1n) is 3.87. The van der Waals surface area contributed by atoms with E-state index in [9.17, 15) is 0 Å². The van der Waals surface area contributed by atoms with Gasteiger partial charge >= 0.3 is 0 Å². The number of aromatic nitrogens is 2. The van der Waals surface area contributed by atoms with E-state index < -0.39 is 0 Å². The molecule has 2 rings (SSSR count). The molecule has 0 aromatic carbocycles. The molecule has 0 bridgehead atoms. The van der Waals surface area contributed by atoms with Crippen molar-refractivity contribution >= 4 is 52.1 Å². The minimum Gasteiger partial charge on any atom is -0.384 e. The Labute approximate surface area is 105 Å². The van der Waals surface area contributed by atoms with Crippen LogP contribution < -0.4 is 5.73 Å². The Morgan fingerprint density at radius 1 is 1.27 bits per heavy atom. The molecule has 0 aliphatic heterocycles. The maximum atomic E-state index is 5.80. The van der Waals surface area contributed by atoms with E-state index in [1.165, 1.54) is 29.2 Å². The molecule has 2 aromatic heterocycles. The third-order valence-electron chi connectivity index (χ3n) is 1.43. The van der Waals surface area contributed by atoms with Gasteiger partial charge in [0.25, 0.3) is 0 Å². The van der Waals surface area contributed by atoms with Gasteiger partial charge in [-0.15, -0.1) is 11.3 Å². The van der Waals surface area contributed by atoms with Crippen LogP contribution in [0.2, 0.25) is 9.49 Å². The van der Waals surface area contributed by atoms with E-state index in [0.717, 1.165) is 8.55 Å². The molecule has 2 aromatic rings. The normalized spacial score (nSPS) is 10.5. The van der Waals surface area contributed by atoms with Crippen LogP contribution in [0.5, 0.6) is 0 Å². The lowest BCUT2D eigenvalue weighted by atomic mass is 10.6. The van der Waals surface area contributed by atoms with Crippen molar-refractivity contribution in [3.8, 4) is 0 Å². The largest absolute Gasteiger partial charge is 0.384 e. The molecule has 0 unspecified atom stereocenters. The summed E-state index contributed by atoms with van der Waals surface area (Å²) in [5.74, 6) is 0.361. The highest BCUT2D eigenvalue weighted by molar-refractivity contribution is 8.01. The molecule has 0 fully saturated rings. The maximum Gasteiger partial charge on any atom is 0.196 e. The van der Waals surface area contributed by atoms with Crippen molar-refractivity contribution in [2.45, 2.75) is 9.37 Å². The summed E-state index contributed by atoms with van der Waals surface area (Å²) in [4.78, 5) is 8.09. The fraction of sp³-hybridized carbons (Fsp3) is 0. The quantitative estimate of drug-likeness (QED) is 0.674. The number of hydrogen-bond acceptors (Lipinski definition) is 5. The van der Waals surface area contributed by atoms with Gasteiger partial charge in [-0.05, 0) is 23.9 Å². The SMILES string of the molecule is Nc1cc(Cl)nc(Sc2ccc(Cl)s2)n1. The predicted octanol–water partition coefficient (Wildman–Crippen LogP) is 3.58. The second-order valence-electron chi connectivity index (χ2n) is 2.56. The number of rotatable bonds is 2. The molecular formula is C8H5Cl2N3S2. The van der Waals surface area contributed by atoms with Crippen molar-refractivity contribution in [1.82, 2.24) is 9.97 Å². The van der Waals surface area contributed by atoms with Crippen molar-refractivity contribution in [3.05, 3.63) is 27.7 Å². The van der Waals surface area contributed by atoms with Gasteiger partial charge in [0.15, 0.2) is 5.16 Å². The molecule has 2 heterocycles. The van der Waals surface area contributed by atoms with Crippen LogP contribution in [0.15, 0.2) is 27.6 Å². The van der Waals surface area contributed by atoms with Gasteiger partial charge in [0.1, 0.15) is 11.0 Å². The highest BCUT2D eigenvalue weighted by atomic mass is 35.5. The molecule has 15 heavy (non-hydrogen) atoms. The minimum absolute atomic E-state index is 0.340. The van der Waals surface area contributed by atoms with Gasteiger partial charge in [0.05, 0.1) is 8.55 Å². The van der Waals surface area contributed by atoms with Crippen LogP contribution in [-0.2, 0) is 0 Å². The Morgan fingerprint density at radius 3 is 2.67 bits per heavy atom. The Kier molecular flexibility index (Phi) is 3.35. The van der Waals surface area contributed by atoms with E-state index in [2.05, 4.69) is 9.97 Å². The van der Waals surface area contributed by atoms with Gasteiger partial charge in [0.2, 0.25) is 0 Å². The average Bonchev–Trinajstić information content (AvgIpc) is 2.49. The number of anilines is 1. The molecule has 0 saturated heterocycles. The Morgan fingerprint density at radius 2 is 2.07 bits per heavy atom. The fourth-order valence-electron chi connectivity index (χ4n) is 0.902. The smallest absolute Gasteiger partial charge is 0.196 e. The van der Waals surface area contributed by atoms with Crippen LogP contribution in [0.1, 0.15) is 0 Å². The lowest BCUT2D eigenvalue weighted by molar-refractivity contribution is 0.978. The van der Waals surface area contributed by atoms with Crippen molar-refractivity contribution in [2.75, 3.05) is 5.73 Å². The van der Waals surface area contributed by atoms with Crippen LogP contribution in [0.4, 0.5) is 5.82 Å². The fourth-order valence-corrected chi connectivity index (χ4v) is 3.33. The standard InChI is InChI=1S/C8H5Cl2N3S2/c9-4-3-6(11)13-8(12-4)15-7-2-1-5(10)14-7/h1-3H,(H2,11,12,13). The van der Waals surface area contributed by atoms with Crippen LogP contribution in [0.3, 0.4) is 0 Å². The van der Waals surface area contributed by atoms with Crippen LogP contribution >= 0.6 is 46.3 Å². The molecule has 3 nitrogen and oxygen atoms in total. The number of nitrogens with zero attached hydrogens (tertiary/aromatic N) is 2. The number of nitrogens with two attached hydrogens (primary N) is 1. The molecule has 2 N–H and O–H groups in total. The molecule has 0 spiro atoms. The summed E-state index contributed by atoms with van der Waals surface area (Å²) in [5.41, 5.74) is 5.55. The first kappa shape index (κ1) is 11.0. The Hall–Kier alpha value is -0.490. The van der Waals surface area contributed by atoms with E-state index in [-0.39, 0.29) is 0 Å². The molecule has 0 radical (unpaired) electrons. The van der Waals surface area contributed by atoms with Crippen LogP contribution in [-0.4, -0.2) is 9.97 Å². The summed E-state index contributed by atoms with van der Waals surface area (Å²) >= 11 is 14.4. The third-order valence-corrected chi connectivity index (χ3v) is 3.86. The lowest BCUT2D eigenvalue weighted by Crippen LogP contribution is -1.93. The van der Waals surface area contributed by atoms with Crippen LogP contribution in [0.25, 0.3) is 0 Å². The summed E-state index contributed by atoms with van der Waals surface area (Å²) in [7, 11) is 0. The Bertz CT molecular complexity index is 466. The predicted molar refractivity (Wildman–Crippen MR) is 64.9 cm³/mol. The minimum atomic E-state index is 0.340. The summed E-state index contributed by atoms with van der Waals surface area (Å²) in [5, 5.41) is 0.867. The summed E-state index contributed by atoms with van der Waals surface area (Å²) in [6.07, 6.45) is 0. The summed E-state index contributed by atoms with van der Waals surface area (Å²) < 4.78 is 1.73. The topological polar surface area (TPSA) is 51.8 Å². The van der Waals surface area contributed by atoms with Gasteiger partial charge < -0.3 is 5.73 Å². The number of thiophene rings is 1. The number of hydrogen-bond donors (Lipinski definition) is 1. The molecule has 0 saturated carbocycles. The van der Waals surface area contributed by atoms with Crippen molar-refractivity contribution in [3.63, 3.8) is 0 Å². The van der Waals surface area contributed by atoms with E-state index in [4.69, 9.17) is 28.9 Å². The van der Waals surface area contributed by atoms with E-state index in [1.807, 2.05) is 12.1 Å². The van der Waals surface area contributed by atoms with Crippen molar-refractivity contribution < 1.29 is 0 Å². The zero-order valence-electron chi connectivity index (χ0n) is 7.28. The monoisotopic (exact) mass is 277 g/mol. The van der Waals surface area contributed by atoms with E-state index in [1.54, 1.807) is 0 Å².